The highest BCUT2D eigenvalue weighted by Crippen LogP contribution is 2.13. The van der Waals surface area contributed by atoms with Gasteiger partial charge in [-0.1, -0.05) is 0 Å². The molecule has 112 valence electrons. The maximum Gasteiger partial charge on any atom is 0.322 e. The van der Waals surface area contributed by atoms with Crippen LogP contribution >= 0.6 is 11.6 Å². The molecule has 0 saturated heterocycles. The molecule has 1 aromatic rings. The molecule has 0 spiro atoms. The van der Waals surface area contributed by atoms with Crippen molar-refractivity contribution in [2.24, 2.45) is 0 Å². The number of carbonyl (C=O) groups is 1. The largest absolute Gasteiger partial charge is 0.461 e. The molecule has 0 aliphatic carbocycles. The van der Waals surface area contributed by atoms with Crippen LogP contribution in [-0.2, 0) is 4.79 Å². The molecule has 0 radical (unpaired) electrons. The number of hydrogen-bond donors (Lipinski definition) is 1. The molecule has 0 aliphatic heterocycles. The summed E-state index contributed by atoms with van der Waals surface area (Å²) in [6, 6.07) is -0.337. The first-order chi connectivity index (χ1) is 9.33. The van der Waals surface area contributed by atoms with E-state index < -0.39 is 6.04 Å². The Morgan fingerprint density at radius 3 is 2.55 bits per heavy atom. The van der Waals surface area contributed by atoms with Crippen molar-refractivity contribution in [2.45, 2.75) is 39.8 Å². The lowest BCUT2D eigenvalue weighted by molar-refractivity contribution is -0.130. The lowest BCUT2D eigenvalue weighted by atomic mass is 10.3. The quantitative estimate of drug-likeness (QED) is 0.859. The molecule has 1 N–H and O–H groups in total. The van der Waals surface area contributed by atoms with E-state index in [9.17, 15) is 4.79 Å². The number of likely N-dealkylation sites (N-methyl/N-ethyl adjacent to an activating group) is 1. The van der Waals surface area contributed by atoms with Crippen LogP contribution in [0.1, 0.15) is 27.7 Å². The Morgan fingerprint density at radius 1 is 1.35 bits per heavy atom. The van der Waals surface area contributed by atoms with Gasteiger partial charge in [0.2, 0.25) is 17.1 Å². The first-order valence-corrected chi connectivity index (χ1v) is 6.81. The van der Waals surface area contributed by atoms with E-state index in [2.05, 4.69) is 20.3 Å². The van der Waals surface area contributed by atoms with E-state index >= 15 is 0 Å². The van der Waals surface area contributed by atoms with Gasteiger partial charge in [0.1, 0.15) is 6.04 Å². The monoisotopic (exact) mass is 301 g/mol. The molecule has 0 fully saturated rings. The zero-order chi connectivity index (χ0) is 15.3. The van der Waals surface area contributed by atoms with Gasteiger partial charge in [0.25, 0.3) is 0 Å². The van der Waals surface area contributed by atoms with E-state index in [1.54, 1.807) is 18.9 Å². The van der Waals surface area contributed by atoms with E-state index in [4.69, 9.17) is 16.3 Å². The van der Waals surface area contributed by atoms with E-state index in [1.807, 2.05) is 20.8 Å². The molecule has 1 amide bonds. The summed E-state index contributed by atoms with van der Waals surface area (Å²) < 4.78 is 5.36. The zero-order valence-electron chi connectivity index (χ0n) is 12.3. The van der Waals surface area contributed by atoms with Gasteiger partial charge in [-0.05, 0) is 39.3 Å². The lowest BCUT2D eigenvalue weighted by Crippen LogP contribution is -2.39. The minimum absolute atomic E-state index is 0.0154. The van der Waals surface area contributed by atoms with Gasteiger partial charge in [-0.3, -0.25) is 4.79 Å². The molecule has 7 nitrogen and oxygen atoms in total. The number of rotatable bonds is 6. The second-order valence-corrected chi connectivity index (χ2v) is 4.93. The van der Waals surface area contributed by atoms with Crippen molar-refractivity contribution in [2.75, 3.05) is 18.9 Å². The number of halogens is 1. The van der Waals surface area contributed by atoms with Crippen LogP contribution in [0.25, 0.3) is 0 Å². The van der Waals surface area contributed by atoms with Gasteiger partial charge in [0.05, 0.1) is 6.10 Å². The van der Waals surface area contributed by atoms with Crippen molar-refractivity contribution >= 4 is 23.5 Å². The molecule has 0 aliphatic rings. The fraction of sp³-hybridized carbons (Fsp3) is 0.667. The second kappa shape index (κ2) is 7.23. The van der Waals surface area contributed by atoms with Crippen molar-refractivity contribution in [3.05, 3.63) is 5.28 Å². The summed E-state index contributed by atoms with van der Waals surface area (Å²) in [4.78, 5) is 25.4. The van der Waals surface area contributed by atoms with Crippen molar-refractivity contribution in [1.82, 2.24) is 19.9 Å². The average molecular weight is 302 g/mol. The normalized spacial score (nSPS) is 12.2. The number of carbonyl (C=O) groups excluding carboxylic acids is 1. The van der Waals surface area contributed by atoms with Gasteiger partial charge < -0.3 is 15.0 Å². The molecule has 1 unspecified atom stereocenters. The highest BCUT2D eigenvalue weighted by Gasteiger charge is 2.18. The summed E-state index contributed by atoms with van der Waals surface area (Å²) in [5, 5.41) is 2.91. The lowest BCUT2D eigenvalue weighted by Gasteiger charge is -2.20. The molecular formula is C12H20ClN5O2. The first kappa shape index (κ1) is 16.4. The zero-order valence-corrected chi connectivity index (χ0v) is 13.1. The third kappa shape index (κ3) is 4.80. The Bertz CT molecular complexity index is 469. The van der Waals surface area contributed by atoms with E-state index in [0.717, 1.165) is 0 Å². The average Bonchev–Trinajstić information content (AvgIpc) is 2.35. The molecule has 1 heterocycles. The van der Waals surface area contributed by atoms with Crippen molar-refractivity contribution in [3.8, 4) is 6.01 Å². The molecule has 0 saturated carbocycles. The molecule has 0 aromatic carbocycles. The van der Waals surface area contributed by atoms with E-state index in [1.165, 1.54) is 0 Å². The third-order valence-corrected chi connectivity index (χ3v) is 2.66. The van der Waals surface area contributed by atoms with Crippen LogP contribution in [0.4, 0.5) is 5.95 Å². The van der Waals surface area contributed by atoms with Crippen LogP contribution in [0, 0.1) is 0 Å². The number of amides is 1. The number of nitrogens with zero attached hydrogens (tertiary/aromatic N) is 4. The summed E-state index contributed by atoms with van der Waals surface area (Å²) in [6.07, 6.45) is -0.0772. The molecule has 1 atom stereocenters. The van der Waals surface area contributed by atoms with Gasteiger partial charge in [-0.15, -0.1) is 0 Å². The number of ether oxygens (including phenoxy) is 1. The molecule has 20 heavy (non-hydrogen) atoms. The number of anilines is 1. The number of nitrogens with one attached hydrogen (secondary N) is 1. The van der Waals surface area contributed by atoms with Gasteiger partial charge in [-0.2, -0.15) is 15.0 Å². The summed E-state index contributed by atoms with van der Waals surface area (Å²) in [6.45, 7) is 7.97. The first-order valence-electron chi connectivity index (χ1n) is 6.43. The standard InChI is InChI=1S/C12H20ClN5O2/c1-6-18(5)9(19)8(4)14-11-15-10(13)16-12(17-11)20-7(2)3/h7-8H,6H2,1-5H3,(H,14,15,16,17). The summed E-state index contributed by atoms with van der Waals surface area (Å²) in [5.41, 5.74) is 0. The van der Waals surface area contributed by atoms with Crippen LogP contribution in [0.15, 0.2) is 0 Å². The number of aromatic nitrogens is 3. The minimum atomic E-state index is -0.467. The second-order valence-electron chi connectivity index (χ2n) is 4.60. The molecular weight excluding hydrogens is 282 g/mol. The summed E-state index contributed by atoms with van der Waals surface area (Å²) in [7, 11) is 1.73. The van der Waals surface area contributed by atoms with Crippen LogP contribution < -0.4 is 10.1 Å². The van der Waals surface area contributed by atoms with Crippen LogP contribution in [0.2, 0.25) is 5.28 Å². The molecule has 0 bridgehead atoms. The highest BCUT2D eigenvalue weighted by atomic mass is 35.5. The summed E-state index contributed by atoms with van der Waals surface area (Å²) in [5.74, 6) is 0.154. The molecule has 8 heteroatoms. The van der Waals surface area contributed by atoms with Crippen molar-refractivity contribution in [1.29, 1.82) is 0 Å². The smallest absolute Gasteiger partial charge is 0.322 e. The van der Waals surface area contributed by atoms with Gasteiger partial charge >= 0.3 is 6.01 Å². The van der Waals surface area contributed by atoms with Gasteiger partial charge in [0.15, 0.2) is 0 Å². The van der Waals surface area contributed by atoms with Crippen molar-refractivity contribution in [3.63, 3.8) is 0 Å². The predicted octanol–water partition coefficient (Wildman–Crippen LogP) is 1.59. The Hall–Kier alpha value is -1.63. The Kier molecular flexibility index (Phi) is 5.94. The topological polar surface area (TPSA) is 80.2 Å². The van der Waals surface area contributed by atoms with Gasteiger partial charge in [-0.25, -0.2) is 0 Å². The highest BCUT2D eigenvalue weighted by molar-refractivity contribution is 6.28. The van der Waals surface area contributed by atoms with E-state index in [-0.39, 0.29) is 29.3 Å². The fourth-order valence-electron chi connectivity index (χ4n) is 1.40. The molecule has 1 rings (SSSR count). The minimum Gasteiger partial charge on any atom is -0.461 e. The van der Waals surface area contributed by atoms with E-state index in [0.29, 0.717) is 6.54 Å². The van der Waals surface area contributed by atoms with Crippen molar-refractivity contribution < 1.29 is 9.53 Å². The predicted molar refractivity (Wildman–Crippen MR) is 77.0 cm³/mol. The van der Waals surface area contributed by atoms with Crippen LogP contribution in [0.3, 0.4) is 0 Å². The van der Waals surface area contributed by atoms with Crippen LogP contribution in [-0.4, -0.2) is 51.5 Å². The Labute approximate surface area is 123 Å². The van der Waals surface area contributed by atoms with Gasteiger partial charge in [0, 0.05) is 13.6 Å². The maximum atomic E-state index is 12.0. The fourth-order valence-corrected chi connectivity index (χ4v) is 1.55. The Balaban J connectivity index is 2.81. The maximum absolute atomic E-state index is 12.0. The SMILES string of the molecule is CCN(C)C(=O)C(C)Nc1nc(Cl)nc(OC(C)C)n1. The summed E-state index contributed by atoms with van der Waals surface area (Å²) >= 11 is 5.81. The van der Waals surface area contributed by atoms with Crippen LogP contribution in [0.5, 0.6) is 6.01 Å². The molecule has 1 aromatic heterocycles. The number of hydrogen-bond acceptors (Lipinski definition) is 6. The third-order valence-electron chi connectivity index (χ3n) is 2.50. The Morgan fingerprint density at radius 2 is 2.00 bits per heavy atom.